The van der Waals surface area contributed by atoms with Gasteiger partial charge in [-0.3, -0.25) is 0 Å². The van der Waals surface area contributed by atoms with Crippen molar-refractivity contribution in [3.8, 4) is 0 Å². The molecule has 1 unspecified atom stereocenters. The average molecular weight is 227 g/mol. The summed E-state index contributed by atoms with van der Waals surface area (Å²) in [6, 6.07) is 1.85. The van der Waals surface area contributed by atoms with Crippen LogP contribution in [0.25, 0.3) is 0 Å². The number of halogens is 1. The zero-order valence-corrected chi connectivity index (χ0v) is 10.9. The zero-order valence-electron chi connectivity index (χ0n) is 10.1. The SMILES string of the molecule is CCC(C)c1nc(Cl)cc(C(C)(C)C)n1. The van der Waals surface area contributed by atoms with Crippen LogP contribution >= 0.6 is 11.6 Å². The third kappa shape index (κ3) is 3.16. The first kappa shape index (κ1) is 12.4. The summed E-state index contributed by atoms with van der Waals surface area (Å²) < 4.78 is 0. The van der Waals surface area contributed by atoms with Gasteiger partial charge in [0, 0.05) is 11.3 Å². The molecule has 0 bridgehead atoms. The fraction of sp³-hybridized carbons (Fsp3) is 0.667. The number of nitrogens with zero attached hydrogens (tertiary/aromatic N) is 2. The van der Waals surface area contributed by atoms with Gasteiger partial charge in [0.25, 0.3) is 0 Å². The highest BCUT2D eigenvalue weighted by Crippen LogP contribution is 2.25. The van der Waals surface area contributed by atoms with E-state index in [0.717, 1.165) is 17.9 Å². The molecule has 0 N–H and O–H groups in total. The third-order valence-corrected chi connectivity index (χ3v) is 2.73. The van der Waals surface area contributed by atoms with Gasteiger partial charge in [-0.2, -0.15) is 0 Å². The Bertz CT molecular complexity index is 342. The fourth-order valence-electron chi connectivity index (χ4n) is 1.22. The Labute approximate surface area is 97.1 Å². The van der Waals surface area contributed by atoms with E-state index in [9.17, 15) is 0 Å². The van der Waals surface area contributed by atoms with E-state index >= 15 is 0 Å². The van der Waals surface area contributed by atoms with Gasteiger partial charge in [0.2, 0.25) is 0 Å². The normalized spacial score (nSPS) is 14.0. The van der Waals surface area contributed by atoms with Crippen molar-refractivity contribution in [3.05, 3.63) is 22.7 Å². The van der Waals surface area contributed by atoms with Crippen LogP contribution in [-0.2, 0) is 5.41 Å². The molecule has 0 amide bonds. The summed E-state index contributed by atoms with van der Waals surface area (Å²) in [5.41, 5.74) is 1.03. The van der Waals surface area contributed by atoms with Crippen molar-refractivity contribution in [1.29, 1.82) is 0 Å². The van der Waals surface area contributed by atoms with Crippen molar-refractivity contribution in [1.82, 2.24) is 9.97 Å². The van der Waals surface area contributed by atoms with Crippen LogP contribution in [0.15, 0.2) is 6.07 Å². The van der Waals surface area contributed by atoms with Crippen molar-refractivity contribution in [2.24, 2.45) is 0 Å². The van der Waals surface area contributed by atoms with Crippen LogP contribution in [0.2, 0.25) is 5.15 Å². The summed E-state index contributed by atoms with van der Waals surface area (Å²) in [5, 5.41) is 0.547. The smallest absolute Gasteiger partial charge is 0.133 e. The highest BCUT2D eigenvalue weighted by atomic mass is 35.5. The van der Waals surface area contributed by atoms with Crippen molar-refractivity contribution in [3.63, 3.8) is 0 Å². The molecule has 0 saturated heterocycles. The second-order valence-corrected chi connectivity index (χ2v) is 5.38. The maximum absolute atomic E-state index is 6.01. The Morgan fingerprint density at radius 3 is 2.40 bits per heavy atom. The van der Waals surface area contributed by atoms with Gasteiger partial charge in [0.15, 0.2) is 0 Å². The molecule has 0 radical (unpaired) electrons. The summed E-state index contributed by atoms with van der Waals surface area (Å²) in [6.45, 7) is 10.6. The van der Waals surface area contributed by atoms with E-state index in [1.807, 2.05) is 6.07 Å². The first-order valence-corrected chi connectivity index (χ1v) is 5.77. The topological polar surface area (TPSA) is 25.8 Å². The summed E-state index contributed by atoms with van der Waals surface area (Å²) in [4.78, 5) is 8.85. The Kier molecular flexibility index (Phi) is 3.72. The molecular formula is C12H19ClN2. The molecule has 84 valence electrons. The Morgan fingerprint density at radius 2 is 1.93 bits per heavy atom. The van der Waals surface area contributed by atoms with Crippen LogP contribution in [0.4, 0.5) is 0 Å². The molecule has 1 heterocycles. The first-order valence-electron chi connectivity index (χ1n) is 5.39. The number of hydrogen-bond donors (Lipinski definition) is 0. The van der Waals surface area contributed by atoms with Crippen molar-refractivity contribution < 1.29 is 0 Å². The fourth-order valence-corrected chi connectivity index (χ4v) is 1.41. The lowest BCUT2D eigenvalue weighted by Crippen LogP contribution is -2.16. The molecule has 2 nitrogen and oxygen atoms in total. The Balaban J connectivity index is 3.17. The van der Waals surface area contributed by atoms with E-state index in [1.165, 1.54) is 0 Å². The molecule has 1 rings (SSSR count). The van der Waals surface area contributed by atoms with Gasteiger partial charge in [-0.1, -0.05) is 46.2 Å². The monoisotopic (exact) mass is 226 g/mol. The highest BCUT2D eigenvalue weighted by molar-refractivity contribution is 6.29. The van der Waals surface area contributed by atoms with Gasteiger partial charge >= 0.3 is 0 Å². The molecule has 1 aromatic rings. The zero-order chi connectivity index (χ0) is 11.6. The lowest BCUT2D eigenvalue weighted by atomic mass is 9.92. The molecule has 0 saturated carbocycles. The van der Waals surface area contributed by atoms with Crippen molar-refractivity contribution >= 4 is 11.6 Å². The molecule has 0 spiro atoms. The minimum Gasteiger partial charge on any atom is -0.237 e. The summed E-state index contributed by atoms with van der Waals surface area (Å²) in [7, 11) is 0. The number of rotatable bonds is 2. The predicted molar refractivity (Wildman–Crippen MR) is 64.4 cm³/mol. The Hall–Kier alpha value is -0.630. The molecular weight excluding hydrogens is 208 g/mol. The lowest BCUT2D eigenvalue weighted by Gasteiger charge is -2.19. The van der Waals surface area contributed by atoms with Crippen LogP contribution in [0.3, 0.4) is 0 Å². The molecule has 3 heteroatoms. The molecule has 15 heavy (non-hydrogen) atoms. The molecule has 0 aliphatic carbocycles. The highest BCUT2D eigenvalue weighted by Gasteiger charge is 2.18. The molecule has 0 fully saturated rings. The van der Waals surface area contributed by atoms with Crippen LogP contribution in [-0.4, -0.2) is 9.97 Å². The first-order chi connectivity index (χ1) is 6.84. The molecule has 0 aliphatic heterocycles. The number of hydrogen-bond acceptors (Lipinski definition) is 2. The predicted octanol–water partition coefficient (Wildman–Crippen LogP) is 3.94. The van der Waals surface area contributed by atoms with E-state index in [-0.39, 0.29) is 5.41 Å². The second-order valence-electron chi connectivity index (χ2n) is 4.99. The van der Waals surface area contributed by atoms with Crippen LogP contribution in [0.1, 0.15) is 58.5 Å². The van der Waals surface area contributed by atoms with E-state index in [2.05, 4.69) is 44.6 Å². The maximum Gasteiger partial charge on any atom is 0.133 e. The minimum atomic E-state index is 0.0226. The molecule has 0 aliphatic rings. The molecule has 1 aromatic heterocycles. The van der Waals surface area contributed by atoms with Crippen LogP contribution in [0, 0.1) is 0 Å². The van der Waals surface area contributed by atoms with Crippen LogP contribution in [0.5, 0.6) is 0 Å². The van der Waals surface area contributed by atoms with E-state index < -0.39 is 0 Å². The second kappa shape index (κ2) is 4.48. The van der Waals surface area contributed by atoms with E-state index in [1.54, 1.807) is 0 Å². The standard InChI is InChI=1S/C12H19ClN2/c1-6-8(2)11-14-9(12(3,4)5)7-10(13)15-11/h7-8H,6H2,1-5H3. The number of aromatic nitrogens is 2. The Morgan fingerprint density at radius 1 is 1.33 bits per heavy atom. The molecule has 0 aromatic carbocycles. The van der Waals surface area contributed by atoms with Gasteiger partial charge in [-0.15, -0.1) is 0 Å². The van der Waals surface area contributed by atoms with Crippen molar-refractivity contribution in [2.45, 2.75) is 52.4 Å². The summed E-state index contributed by atoms with van der Waals surface area (Å²) in [6.07, 6.45) is 1.03. The largest absolute Gasteiger partial charge is 0.237 e. The lowest BCUT2D eigenvalue weighted by molar-refractivity contribution is 0.553. The summed E-state index contributed by atoms with van der Waals surface area (Å²) in [5.74, 6) is 1.22. The average Bonchev–Trinajstić information content (AvgIpc) is 2.14. The van der Waals surface area contributed by atoms with E-state index in [4.69, 9.17) is 11.6 Å². The third-order valence-electron chi connectivity index (χ3n) is 2.53. The maximum atomic E-state index is 6.01. The van der Waals surface area contributed by atoms with Gasteiger partial charge in [-0.05, 0) is 12.5 Å². The minimum absolute atomic E-state index is 0.0226. The quantitative estimate of drug-likeness (QED) is 0.714. The molecule has 1 atom stereocenters. The van der Waals surface area contributed by atoms with Gasteiger partial charge in [-0.25, -0.2) is 9.97 Å². The van der Waals surface area contributed by atoms with Crippen LogP contribution < -0.4 is 0 Å². The van der Waals surface area contributed by atoms with Gasteiger partial charge < -0.3 is 0 Å². The summed E-state index contributed by atoms with van der Waals surface area (Å²) >= 11 is 6.01. The van der Waals surface area contributed by atoms with E-state index in [0.29, 0.717) is 11.1 Å². The van der Waals surface area contributed by atoms with Gasteiger partial charge in [0.1, 0.15) is 11.0 Å². The van der Waals surface area contributed by atoms with Gasteiger partial charge in [0.05, 0.1) is 5.69 Å². The van der Waals surface area contributed by atoms with Crippen molar-refractivity contribution in [2.75, 3.05) is 0 Å².